The molecule has 0 bridgehead atoms. The lowest BCUT2D eigenvalue weighted by atomic mass is 9.96. The van der Waals surface area contributed by atoms with E-state index in [0.717, 1.165) is 43.0 Å². The number of fused-ring (bicyclic) bond motifs is 1. The van der Waals surface area contributed by atoms with Gasteiger partial charge in [0.05, 0.1) is 17.6 Å². The lowest BCUT2D eigenvalue weighted by Crippen LogP contribution is -2.48. The molecule has 0 spiro atoms. The number of anilines is 1. The van der Waals surface area contributed by atoms with Crippen LogP contribution >= 0.6 is 0 Å². The summed E-state index contributed by atoms with van der Waals surface area (Å²) in [5.41, 5.74) is 3.46. The number of piperazine rings is 1. The van der Waals surface area contributed by atoms with E-state index in [2.05, 4.69) is 90.6 Å². The fourth-order valence-electron chi connectivity index (χ4n) is 4.08. The molecule has 1 aliphatic rings. The van der Waals surface area contributed by atoms with Crippen molar-refractivity contribution in [2.75, 3.05) is 31.1 Å². The summed E-state index contributed by atoms with van der Waals surface area (Å²) in [4.78, 5) is 13.7. The Balaban J connectivity index is 1.40. The van der Waals surface area contributed by atoms with Crippen molar-refractivity contribution in [2.45, 2.75) is 6.04 Å². The number of benzene rings is 2. The predicted molar refractivity (Wildman–Crippen MR) is 110 cm³/mol. The van der Waals surface area contributed by atoms with Gasteiger partial charge in [-0.25, -0.2) is 9.97 Å². The van der Waals surface area contributed by atoms with Gasteiger partial charge in [-0.2, -0.15) is 5.10 Å². The van der Waals surface area contributed by atoms with Gasteiger partial charge in [-0.05, 0) is 11.1 Å². The van der Waals surface area contributed by atoms with Gasteiger partial charge in [-0.15, -0.1) is 0 Å². The van der Waals surface area contributed by atoms with Crippen LogP contribution in [0.25, 0.3) is 11.0 Å². The standard InChI is InChI=1S/C22H22N6/c1-3-7-17(8-4-1)20(18-9-5-2-6-10-18)27-11-13-28(14-12-27)22-19-15-25-26-21(19)23-16-24-22/h1-10,15-16,20H,11-14H2,(H,23,24,25,26). The van der Waals surface area contributed by atoms with Gasteiger partial charge in [0.1, 0.15) is 12.1 Å². The number of aromatic nitrogens is 4. The molecule has 0 amide bonds. The van der Waals surface area contributed by atoms with E-state index in [1.54, 1.807) is 6.33 Å². The highest BCUT2D eigenvalue weighted by molar-refractivity contribution is 5.86. The molecule has 1 saturated heterocycles. The maximum Gasteiger partial charge on any atom is 0.160 e. The van der Waals surface area contributed by atoms with E-state index < -0.39 is 0 Å². The lowest BCUT2D eigenvalue weighted by Gasteiger charge is -2.40. The summed E-state index contributed by atoms with van der Waals surface area (Å²) >= 11 is 0. The zero-order chi connectivity index (χ0) is 18.8. The third-order valence-electron chi connectivity index (χ3n) is 5.44. The van der Waals surface area contributed by atoms with Crippen molar-refractivity contribution in [1.82, 2.24) is 25.1 Å². The molecular weight excluding hydrogens is 348 g/mol. The van der Waals surface area contributed by atoms with E-state index in [9.17, 15) is 0 Å². The summed E-state index contributed by atoms with van der Waals surface area (Å²) < 4.78 is 0. The minimum atomic E-state index is 0.267. The number of hydrogen-bond acceptors (Lipinski definition) is 5. The molecule has 0 atom stereocenters. The summed E-state index contributed by atoms with van der Waals surface area (Å²) in [6, 6.07) is 21.8. The number of H-pyrrole nitrogens is 1. The number of hydrogen-bond donors (Lipinski definition) is 1. The average Bonchev–Trinajstić information content (AvgIpc) is 3.25. The largest absolute Gasteiger partial charge is 0.353 e. The van der Waals surface area contributed by atoms with Crippen molar-refractivity contribution < 1.29 is 0 Å². The van der Waals surface area contributed by atoms with Crippen molar-refractivity contribution in [1.29, 1.82) is 0 Å². The summed E-state index contributed by atoms with van der Waals surface area (Å²) in [5.74, 6) is 0.967. The van der Waals surface area contributed by atoms with E-state index in [-0.39, 0.29) is 6.04 Å². The van der Waals surface area contributed by atoms with E-state index in [0.29, 0.717) is 0 Å². The summed E-state index contributed by atoms with van der Waals surface area (Å²) in [7, 11) is 0. The second kappa shape index (κ2) is 7.40. The molecule has 0 unspecified atom stereocenters. The SMILES string of the molecule is c1ccc(C(c2ccccc2)N2CCN(c3ncnc4[nH]ncc34)CC2)cc1. The van der Waals surface area contributed by atoms with E-state index in [1.165, 1.54) is 11.1 Å². The van der Waals surface area contributed by atoms with Crippen molar-refractivity contribution in [3.05, 3.63) is 84.3 Å². The molecule has 4 aromatic rings. The molecule has 6 heteroatoms. The van der Waals surface area contributed by atoms with Crippen molar-refractivity contribution in [2.24, 2.45) is 0 Å². The number of rotatable bonds is 4. The number of nitrogens with zero attached hydrogens (tertiary/aromatic N) is 5. The quantitative estimate of drug-likeness (QED) is 0.597. The molecular formula is C22H22N6. The maximum absolute atomic E-state index is 4.53. The lowest BCUT2D eigenvalue weighted by molar-refractivity contribution is 0.212. The Labute approximate surface area is 163 Å². The molecule has 6 nitrogen and oxygen atoms in total. The Kier molecular flexibility index (Phi) is 4.47. The number of nitrogens with one attached hydrogen (secondary N) is 1. The number of aromatic amines is 1. The fraction of sp³-hybridized carbons (Fsp3) is 0.227. The second-order valence-corrected chi connectivity index (χ2v) is 7.08. The van der Waals surface area contributed by atoms with Crippen LogP contribution in [0.5, 0.6) is 0 Å². The zero-order valence-electron chi connectivity index (χ0n) is 15.6. The van der Waals surface area contributed by atoms with Crippen molar-refractivity contribution in [3.8, 4) is 0 Å². The molecule has 1 aliphatic heterocycles. The molecule has 0 saturated carbocycles. The van der Waals surface area contributed by atoms with Crippen LogP contribution in [-0.4, -0.2) is 51.2 Å². The molecule has 1 N–H and O–H groups in total. The average molecular weight is 370 g/mol. The van der Waals surface area contributed by atoms with Gasteiger partial charge >= 0.3 is 0 Å². The first kappa shape index (κ1) is 16.9. The molecule has 140 valence electrons. The molecule has 3 heterocycles. The predicted octanol–water partition coefficient (Wildman–Crippen LogP) is 3.26. The maximum atomic E-state index is 4.53. The first-order valence-corrected chi connectivity index (χ1v) is 9.63. The second-order valence-electron chi connectivity index (χ2n) is 7.08. The highest BCUT2D eigenvalue weighted by atomic mass is 15.3. The minimum absolute atomic E-state index is 0.267. The van der Waals surface area contributed by atoms with Gasteiger partial charge in [0.25, 0.3) is 0 Å². The van der Waals surface area contributed by atoms with E-state index in [1.807, 2.05) is 6.20 Å². The van der Waals surface area contributed by atoms with Gasteiger partial charge in [0.2, 0.25) is 0 Å². The van der Waals surface area contributed by atoms with Crippen LogP contribution < -0.4 is 4.90 Å². The molecule has 5 rings (SSSR count). The van der Waals surface area contributed by atoms with Crippen molar-refractivity contribution >= 4 is 16.9 Å². The minimum Gasteiger partial charge on any atom is -0.353 e. The monoisotopic (exact) mass is 370 g/mol. The highest BCUT2D eigenvalue weighted by Crippen LogP contribution is 2.30. The molecule has 2 aromatic heterocycles. The summed E-state index contributed by atoms with van der Waals surface area (Å²) in [6.45, 7) is 3.79. The van der Waals surface area contributed by atoms with Crippen LogP contribution in [0.3, 0.4) is 0 Å². The van der Waals surface area contributed by atoms with Gasteiger partial charge in [-0.1, -0.05) is 60.7 Å². The Hall–Kier alpha value is -3.25. The first-order valence-electron chi connectivity index (χ1n) is 9.63. The van der Waals surface area contributed by atoms with Gasteiger partial charge in [-0.3, -0.25) is 10.00 Å². The Morgan fingerprint density at radius 3 is 2.07 bits per heavy atom. The Morgan fingerprint density at radius 1 is 0.786 bits per heavy atom. The van der Waals surface area contributed by atoms with Crippen LogP contribution in [0.4, 0.5) is 5.82 Å². The molecule has 1 fully saturated rings. The third-order valence-corrected chi connectivity index (χ3v) is 5.44. The molecule has 0 aliphatic carbocycles. The van der Waals surface area contributed by atoms with Gasteiger partial charge in [0, 0.05) is 26.2 Å². The van der Waals surface area contributed by atoms with Crippen LogP contribution in [0.2, 0.25) is 0 Å². The van der Waals surface area contributed by atoms with Crippen LogP contribution in [-0.2, 0) is 0 Å². The van der Waals surface area contributed by atoms with Crippen molar-refractivity contribution in [3.63, 3.8) is 0 Å². The molecule has 2 aromatic carbocycles. The highest BCUT2D eigenvalue weighted by Gasteiger charge is 2.27. The first-order chi connectivity index (χ1) is 13.9. The topological polar surface area (TPSA) is 60.9 Å². The Morgan fingerprint density at radius 2 is 1.43 bits per heavy atom. The normalized spacial score (nSPS) is 15.4. The summed E-state index contributed by atoms with van der Waals surface area (Å²) in [5, 5.41) is 8.03. The fourth-order valence-corrected chi connectivity index (χ4v) is 4.08. The van der Waals surface area contributed by atoms with Gasteiger partial charge < -0.3 is 4.90 Å². The summed E-state index contributed by atoms with van der Waals surface area (Å²) in [6.07, 6.45) is 3.42. The third kappa shape index (κ3) is 3.12. The smallest absolute Gasteiger partial charge is 0.160 e. The molecule has 0 radical (unpaired) electrons. The van der Waals surface area contributed by atoms with Gasteiger partial charge in [0.15, 0.2) is 5.65 Å². The van der Waals surface area contributed by atoms with Crippen LogP contribution in [0.1, 0.15) is 17.2 Å². The zero-order valence-corrected chi connectivity index (χ0v) is 15.6. The van der Waals surface area contributed by atoms with Crippen LogP contribution in [0, 0.1) is 0 Å². The van der Waals surface area contributed by atoms with E-state index in [4.69, 9.17) is 0 Å². The molecule has 28 heavy (non-hydrogen) atoms. The van der Waals surface area contributed by atoms with Crippen LogP contribution in [0.15, 0.2) is 73.2 Å². The van der Waals surface area contributed by atoms with E-state index >= 15 is 0 Å². The Bertz CT molecular complexity index is 999.